The van der Waals surface area contributed by atoms with Crippen LogP contribution in [-0.2, 0) is 0 Å². The summed E-state index contributed by atoms with van der Waals surface area (Å²) in [5, 5.41) is 4.74. The molecule has 212 valence electrons. The summed E-state index contributed by atoms with van der Waals surface area (Å²) < 4.78 is 0. The molecule has 0 amide bonds. The Morgan fingerprint density at radius 3 is 1.42 bits per heavy atom. The van der Waals surface area contributed by atoms with Gasteiger partial charge in [0, 0.05) is 22.5 Å². The Kier molecular flexibility index (Phi) is 6.86. The van der Waals surface area contributed by atoms with Gasteiger partial charge in [0.2, 0.25) is 0 Å². The minimum absolute atomic E-state index is 0.869. The van der Waals surface area contributed by atoms with Gasteiger partial charge in [-0.3, -0.25) is 4.90 Å². The number of anilines is 3. The molecule has 2 nitrogen and oxygen atoms in total. The molecule has 2 heteroatoms. The lowest BCUT2D eigenvalue weighted by atomic mass is 9.86. The molecule has 0 atom stereocenters. The number of hydrogen-bond donors (Lipinski definition) is 0. The third-order valence-electron chi connectivity index (χ3n) is 8.52. The van der Waals surface area contributed by atoms with E-state index in [2.05, 4.69) is 175 Å². The first-order chi connectivity index (χ1) is 22.4. The van der Waals surface area contributed by atoms with Crippen LogP contribution in [0.15, 0.2) is 182 Å². The van der Waals surface area contributed by atoms with E-state index in [1.165, 1.54) is 43.8 Å². The highest BCUT2D eigenvalue weighted by Gasteiger charge is 2.25. The average Bonchev–Trinajstić information content (AvgIpc) is 3.13. The maximum atomic E-state index is 4.94. The second kappa shape index (κ2) is 11.6. The fourth-order valence-electron chi connectivity index (χ4n) is 6.58. The van der Waals surface area contributed by atoms with Crippen molar-refractivity contribution < 1.29 is 0 Å². The van der Waals surface area contributed by atoms with E-state index in [4.69, 9.17) is 4.98 Å². The minimum Gasteiger partial charge on any atom is -0.293 e. The standard InChI is InChI=1S/C43H30N2/c1-3-17-31(18-4-1)33-21-7-8-23-35(33)42-36-24-9-11-26-38(36)43(39-27-12-10-25-37(39)42)45(41-29-15-16-30-44-41)40-28-14-13-22-34(40)32-19-5-2-6-20-32/h1-30H. The Bertz CT molecular complexity index is 2200. The van der Waals surface area contributed by atoms with E-state index in [0.717, 1.165) is 28.3 Å². The Morgan fingerprint density at radius 1 is 0.356 bits per heavy atom. The van der Waals surface area contributed by atoms with Crippen LogP contribution in [0.5, 0.6) is 0 Å². The molecule has 1 aromatic heterocycles. The van der Waals surface area contributed by atoms with E-state index in [1.54, 1.807) is 0 Å². The largest absolute Gasteiger partial charge is 0.293 e. The molecule has 8 aromatic rings. The maximum absolute atomic E-state index is 4.94. The van der Waals surface area contributed by atoms with E-state index in [0.29, 0.717) is 0 Å². The van der Waals surface area contributed by atoms with Gasteiger partial charge in [-0.15, -0.1) is 0 Å². The summed E-state index contributed by atoms with van der Waals surface area (Å²) in [5.74, 6) is 0.869. The average molecular weight is 575 g/mol. The minimum atomic E-state index is 0.869. The fraction of sp³-hybridized carbons (Fsp3) is 0. The van der Waals surface area contributed by atoms with E-state index < -0.39 is 0 Å². The molecule has 0 saturated carbocycles. The summed E-state index contributed by atoms with van der Waals surface area (Å²) in [6, 6.07) is 62.5. The van der Waals surface area contributed by atoms with Gasteiger partial charge in [-0.1, -0.05) is 158 Å². The predicted molar refractivity (Wildman–Crippen MR) is 190 cm³/mol. The van der Waals surface area contributed by atoms with Gasteiger partial charge < -0.3 is 0 Å². The zero-order valence-corrected chi connectivity index (χ0v) is 24.7. The summed E-state index contributed by atoms with van der Waals surface area (Å²) in [7, 11) is 0. The molecule has 0 N–H and O–H groups in total. The second-order valence-corrected chi connectivity index (χ2v) is 11.1. The van der Waals surface area contributed by atoms with Gasteiger partial charge in [0.1, 0.15) is 5.82 Å². The van der Waals surface area contributed by atoms with E-state index in [-0.39, 0.29) is 0 Å². The first-order valence-electron chi connectivity index (χ1n) is 15.3. The van der Waals surface area contributed by atoms with Crippen LogP contribution < -0.4 is 4.90 Å². The van der Waals surface area contributed by atoms with Crippen molar-refractivity contribution in [1.82, 2.24) is 4.98 Å². The van der Waals surface area contributed by atoms with Crippen molar-refractivity contribution in [2.24, 2.45) is 0 Å². The molecule has 0 aliphatic rings. The van der Waals surface area contributed by atoms with Gasteiger partial charge in [-0.05, 0) is 56.8 Å². The highest BCUT2D eigenvalue weighted by Crippen LogP contribution is 2.50. The molecule has 7 aromatic carbocycles. The van der Waals surface area contributed by atoms with Gasteiger partial charge in [-0.25, -0.2) is 4.98 Å². The maximum Gasteiger partial charge on any atom is 0.137 e. The highest BCUT2D eigenvalue weighted by molar-refractivity contribution is 6.23. The van der Waals surface area contributed by atoms with Crippen LogP contribution in [0.4, 0.5) is 17.2 Å². The van der Waals surface area contributed by atoms with E-state index in [1.807, 2.05) is 12.3 Å². The second-order valence-electron chi connectivity index (χ2n) is 11.1. The van der Waals surface area contributed by atoms with Crippen molar-refractivity contribution in [1.29, 1.82) is 0 Å². The first-order valence-corrected chi connectivity index (χ1v) is 15.3. The molecule has 0 unspecified atom stereocenters. The van der Waals surface area contributed by atoms with Crippen molar-refractivity contribution in [2.45, 2.75) is 0 Å². The van der Waals surface area contributed by atoms with Crippen LogP contribution in [0.1, 0.15) is 0 Å². The van der Waals surface area contributed by atoms with Gasteiger partial charge in [0.25, 0.3) is 0 Å². The zero-order chi connectivity index (χ0) is 30.0. The van der Waals surface area contributed by atoms with Crippen molar-refractivity contribution in [3.63, 3.8) is 0 Å². The SMILES string of the molecule is c1ccc(-c2ccccc2-c2c3ccccc3c(N(c3ccccn3)c3ccccc3-c3ccccc3)c3ccccc23)cc1. The number of pyridine rings is 1. The van der Waals surface area contributed by atoms with Crippen LogP contribution in [0.3, 0.4) is 0 Å². The molecule has 0 bridgehead atoms. The van der Waals surface area contributed by atoms with Gasteiger partial charge in [0.15, 0.2) is 0 Å². The Balaban J connectivity index is 1.49. The Hall–Kier alpha value is -5.99. The van der Waals surface area contributed by atoms with Gasteiger partial charge in [-0.2, -0.15) is 0 Å². The van der Waals surface area contributed by atoms with Crippen molar-refractivity contribution >= 4 is 38.7 Å². The summed E-state index contributed by atoms with van der Waals surface area (Å²) in [6.45, 7) is 0. The molecule has 0 saturated heterocycles. The molecule has 0 aliphatic heterocycles. The quantitative estimate of drug-likeness (QED) is 0.184. The number of benzene rings is 7. The van der Waals surface area contributed by atoms with Crippen molar-refractivity contribution in [3.05, 3.63) is 182 Å². The smallest absolute Gasteiger partial charge is 0.137 e. The van der Waals surface area contributed by atoms with E-state index >= 15 is 0 Å². The molecule has 0 radical (unpaired) electrons. The van der Waals surface area contributed by atoms with Crippen LogP contribution in [0.2, 0.25) is 0 Å². The Morgan fingerprint density at radius 2 is 0.822 bits per heavy atom. The predicted octanol–water partition coefficient (Wildman–Crippen LogP) is 11.9. The number of aromatic nitrogens is 1. The van der Waals surface area contributed by atoms with Gasteiger partial charge in [0.05, 0.1) is 11.4 Å². The molecular weight excluding hydrogens is 544 g/mol. The molecule has 0 aliphatic carbocycles. The number of para-hydroxylation sites is 1. The summed E-state index contributed by atoms with van der Waals surface area (Å²) in [6.07, 6.45) is 1.88. The molecule has 0 spiro atoms. The molecule has 1 heterocycles. The number of hydrogen-bond acceptors (Lipinski definition) is 2. The zero-order valence-electron chi connectivity index (χ0n) is 24.7. The fourth-order valence-corrected chi connectivity index (χ4v) is 6.58. The van der Waals surface area contributed by atoms with Crippen LogP contribution in [0, 0.1) is 0 Å². The third-order valence-corrected chi connectivity index (χ3v) is 8.52. The monoisotopic (exact) mass is 574 g/mol. The van der Waals surface area contributed by atoms with Crippen LogP contribution in [-0.4, -0.2) is 4.98 Å². The third kappa shape index (κ3) is 4.74. The lowest BCUT2D eigenvalue weighted by Crippen LogP contribution is -2.14. The Labute approximate surface area is 263 Å². The molecule has 0 fully saturated rings. The van der Waals surface area contributed by atoms with Crippen molar-refractivity contribution in [3.8, 4) is 33.4 Å². The van der Waals surface area contributed by atoms with Crippen LogP contribution >= 0.6 is 0 Å². The normalized spacial score (nSPS) is 11.1. The number of rotatable bonds is 6. The molecule has 45 heavy (non-hydrogen) atoms. The summed E-state index contributed by atoms with van der Waals surface area (Å²) in [4.78, 5) is 7.29. The lowest BCUT2D eigenvalue weighted by molar-refractivity contribution is 1.19. The van der Waals surface area contributed by atoms with Crippen LogP contribution in [0.25, 0.3) is 54.9 Å². The molecular formula is C43H30N2. The number of nitrogens with zero attached hydrogens (tertiary/aromatic N) is 2. The first kappa shape index (κ1) is 26.6. The topological polar surface area (TPSA) is 16.1 Å². The molecule has 8 rings (SSSR count). The lowest BCUT2D eigenvalue weighted by Gasteiger charge is -2.30. The van der Waals surface area contributed by atoms with Gasteiger partial charge >= 0.3 is 0 Å². The summed E-state index contributed by atoms with van der Waals surface area (Å²) in [5.41, 5.74) is 9.39. The number of fused-ring (bicyclic) bond motifs is 2. The van der Waals surface area contributed by atoms with Crippen molar-refractivity contribution in [2.75, 3.05) is 4.90 Å². The highest BCUT2D eigenvalue weighted by atomic mass is 15.2. The summed E-state index contributed by atoms with van der Waals surface area (Å²) >= 11 is 0. The van der Waals surface area contributed by atoms with E-state index in [9.17, 15) is 0 Å².